The van der Waals surface area contributed by atoms with Crippen molar-refractivity contribution in [2.24, 2.45) is 0 Å². The molecular weight excluding hydrogens is 336 g/mol. The van der Waals surface area contributed by atoms with Gasteiger partial charge < -0.3 is 4.43 Å². The fourth-order valence-corrected chi connectivity index (χ4v) is 7.85. The van der Waals surface area contributed by atoms with Gasteiger partial charge in [0, 0.05) is 0 Å². The van der Waals surface area contributed by atoms with E-state index in [9.17, 15) is 8.78 Å². The van der Waals surface area contributed by atoms with E-state index in [1.54, 1.807) is 0 Å². The fourth-order valence-electron chi connectivity index (χ4n) is 3.19. The molecule has 0 aromatic heterocycles. The van der Waals surface area contributed by atoms with Gasteiger partial charge in [0.05, 0.1) is 12.5 Å². The normalized spacial score (nSPS) is 13.5. The van der Waals surface area contributed by atoms with Gasteiger partial charge >= 0.3 is 0 Å². The van der Waals surface area contributed by atoms with E-state index in [0.717, 1.165) is 10.4 Å². The summed E-state index contributed by atoms with van der Waals surface area (Å²) < 4.78 is 33.4. The van der Waals surface area contributed by atoms with E-state index in [1.165, 1.54) is 0 Å². The fraction of sp³-hybridized carbons (Fsp3) is 0.350. The van der Waals surface area contributed by atoms with Crippen LogP contribution in [0.15, 0.2) is 60.7 Å². The number of nitrogens with zero attached hydrogens (tertiary/aromatic N) is 1. The minimum absolute atomic E-state index is 0.331. The van der Waals surface area contributed by atoms with E-state index in [1.807, 2.05) is 87.5 Å². The molecule has 1 atom stereocenters. The summed E-state index contributed by atoms with van der Waals surface area (Å²) in [4.78, 5) is 0. The molecule has 0 heterocycles. The molecule has 0 fully saturated rings. The van der Waals surface area contributed by atoms with Crippen molar-refractivity contribution in [3.05, 3.63) is 60.7 Å². The number of halogens is 2. The molecule has 2 nitrogen and oxygen atoms in total. The van der Waals surface area contributed by atoms with Crippen LogP contribution in [0.2, 0.25) is 5.04 Å². The molecule has 0 bridgehead atoms. The van der Waals surface area contributed by atoms with Crippen molar-refractivity contribution in [3.63, 3.8) is 0 Å². The summed E-state index contributed by atoms with van der Waals surface area (Å²) in [5.74, 6) is 0. The van der Waals surface area contributed by atoms with Gasteiger partial charge in [-0.3, -0.25) is 0 Å². The first-order chi connectivity index (χ1) is 11.8. The maximum atomic E-state index is 13.6. The van der Waals surface area contributed by atoms with Crippen LogP contribution >= 0.6 is 0 Å². The van der Waals surface area contributed by atoms with Crippen LogP contribution in [-0.2, 0) is 4.43 Å². The largest absolute Gasteiger partial charge is 0.398 e. The molecule has 0 aliphatic rings. The van der Waals surface area contributed by atoms with Crippen molar-refractivity contribution < 1.29 is 13.2 Å². The van der Waals surface area contributed by atoms with Crippen LogP contribution in [-0.4, -0.2) is 20.8 Å². The van der Waals surface area contributed by atoms with Crippen molar-refractivity contribution >= 4 is 18.7 Å². The Hall–Kier alpha value is -2.03. The van der Waals surface area contributed by atoms with Crippen molar-refractivity contribution in [2.45, 2.75) is 44.8 Å². The van der Waals surface area contributed by atoms with E-state index in [0.29, 0.717) is 0 Å². The van der Waals surface area contributed by atoms with Crippen molar-refractivity contribution in [1.29, 1.82) is 5.26 Å². The minimum atomic E-state index is -3.04. The second-order valence-electron chi connectivity index (χ2n) is 7.02. The van der Waals surface area contributed by atoms with Gasteiger partial charge in [0.25, 0.3) is 14.7 Å². The van der Waals surface area contributed by atoms with Crippen LogP contribution in [0.4, 0.5) is 8.78 Å². The topological polar surface area (TPSA) is 33.0 Å². The second kappa shape index (κ2) is 7.90. The Morgan fingerprint density at radius 2 is 1.40 bits per heavy atom. The van der Waals surface area contributed by atoms with Gasteiger partial charge in [-0.2, -0.15) is 5.26 Å². The first-order valence-corrected chi connectivity index (χ1v) is 10.2. The first-order valence-electron chi connectivity index (χ1n) is 8.27. The smallest absolute Gasteiger partial charge is 0.264 e. The molecule has 0 radical (unpaired) electrons. The molecule has 0 aliphatic heterocycles. The lowest BCUT2D eigenvalue weighted by Gasteiger charge is -2.44. The predicted molar refractivity (Wildman–Crippen MR) is 98.7 cm³/mol. The SMILES string of the molecule is CC(C)(C)[Si](OC(CC#N)C(F)F)(c1ccccc1)c1ccccc1. The van der Waals surface area contributed by atoms with Crippen LogP contribution in [0, 0.1) is 11.3 Å². The van der Waals surface area contributed by atoms with Gasteiger partial charge in [-0.25, -0.2) is 8.78 Å². The highest BCUT2D eigenvalue weighted by atomic mass is 28.4. The van der Waals surface area contributed by atoms with Gasteiger partial charge in [0.2, 0.25) is 0 Å². The lowest BCUT2D eigenvalue weighted by atomic mass is 10.2. The highest BCUT2D eigenvalue weighted by Crippen LogP contribution is 2.38. The van der Waals surface area contributed by atoms with Gasteiger partial charge in [-0.15, -0.1) is 0 Å². The quantitative estimate of drug-likeness (QED) is 0.727. The lowest BCUT2D eigenvalue weighted by molar-refractivity contribution is 0.00877. The van der Waals surface area contributed by atoms with Crippen molar-refractivity contribution in [2.75, 3.05) is 0 Å². The summed E-state index contributed by atoms with van der Waals surface area (Å²) in [7, 11) is -3.04. The Kier molecular flexibility index (Phi) is 6.10. The molecule has 0 aliphatic carbocycles. The van der Waals surface area contributed by atoms with E-state index in [2.05, 4.69) is 0 Å². The number of alkyl halides is 2. The zero-order valence-corrected chi connectivity index (χ0v) is 15.7. The van der Waals surface area contributed by atoms with Crippen LogP contribution in [0.5, 0.6) is 0 Å². The highest BCUT2D eigenvalue weighted by molar-refractivity contribution is 6.99. The molecule has 0 saturated carbocycles. The lowest BCUT2D eigenvalue weighted by Crippen LogP contribution is -2.68. The van der Waals surface area contributed by atoms with Crippen LogP contribution in [0.1, 0.15) is 27.2 Å². The monoisotopic (exact) mass is 359 g/mol. The Morgan fingerprint density at radius 1 is 0.960 bits per heavy atom. The minimum Gasteiger partial charge on any atom is -0.398 e. The average Bonchev–Trinajstić information content (AvgIpc) is 2.59. The Morgan fingerprint density at radius 3 is 1.72 bits per heavy atom. The Labute approximate surface area is 149 Å². The van der Waals surface area contributed by atoms with Gasteiger partial charge in [-0.1, -0.05) is 81.4 Å². The molecule has 0 amide bonds. The number of nitriles is 1. The molecule has 2 rings (SSSR count). The molecule has 5 heteroatoms. The molecule has 0 spiro atoms. The Balaban J connectivity index is 2.71. The third-order valence-electron chi connectivity index (χ3n) is 4.32. The molecule has 2 aromatic rings. The van der Waals surface area contributed by atoms with E-state index < -0.39 is 25.9 Å². The summed E-state index contributed by atoms with van der Waals surface area (Å²) in [6.45, 7) is 6.07. The number of hydrogen-bond donors (Lipinski definition) is 0. The average molecular weight is 359 g/mol. The van der Waals surface area contributed by atoms with Crippen molar-refractivity contribution in [3.8, 4) is 6.07 Å². The molecule has 132 valence electrons. The molecule has 2 aromatic carbocycles. The Bertz CT molecular complexity index is 668. The summed E-state index contributed by atoms with van der Waals surface area (Å²) in [5.41, 5.74) is 0. The summed E-state index contributed by atoms with van der Waals surface area (Å²) >= 11 is 0. The van der Waals surface area contributed by atoms with Gasteiger partial charge in [0.15, 0.2) is 0 Å². The van der Waals surface area contributed by atoms with E-state index in [4.69, 9.17) is 9.69 Å². The summed E-state index contributed by atoms with van der Waals surface area (Å²) in [6.07, 6.45) is -4.44. The summed E-state index contributed by atoms with van der Waals surface area (Å²) in [6, 6.07) is 21.0. The van der Waals surface area contributed by atoms with Gasteiger partial charge in [-0.05, 0) is 15.4 Å². The number of benzene rings is 2. The van der Waals surface area contributed by atoms with Crippen LogP contribution in [0.25, 0.3) is 0 Å². The van der Waals surface area contributed by atoms with E-state index in [-0.39, 0.29) is 6.42 Å². The second-order valence-corrected chi connectivity index (χ2v) is 11.3. The van der Waals surface area contributed by atoms with Crippen molar-refractivity contribution in [1.82, 2.24) is 0 Å². The maximum absolute atomic E-state index is 13.6. The molecule has 0 N–H and O–H groups in total. The van der Waals surface area contributed by atoms with Crippen LogP contribution in [0.3, 0.4) is 0 Å². The molecule has 1 unspecified atom stereocenters. The molecular formula is C20H23F2NOSi. The third kappa shape index (κ3) is 3.97. The highest BCUT2D eigenvalue weighted by Gasteiger charge is 2.52. The van der Waals surface area contributed by atoms with Gasteiger partial charge in [0.1, 0.15) is 6.10 Å². The molecule has 25 heavy (non-hydrogen) atoms. The summed E-state index contributed by atoms with van der Waals surface area (Å²) in [5, 5.41) is 10.4. The zero-order chi connectivity index (χ0) is 18.5. The predicted octanol–water partition coefficient (Wildman–Crippen LogP) is 4.11. The van der Waals surface area contributed by atoms with Crippen LogP contribution < -0.4 is 10.4 Å². The first kappa shape index (κ1) is 19.3. The maximum Gasteiger partial charge on any atom is 0.264 e. The number of hydrogen-bond acceptors (Lipinski definition) is 2. The zero-order valence-electron chi connectivity index (χ0n) is 14.7. The number of rotatable bonds is 6. The standard InChI is InChI=1S/C20H23F2NOSi/c1-20(2,3)25(16-10-6-4-7-11-16,17-12-8-5-9-13-17)24-18(14-15-23)19(21)22/h4-13,18-19H,14H2,1-3H3. The molecule has 0 saturated heterocycles. The third-order valence-corrected chi connectivity index (χ3v) is 9.38. The van der Waals surface area contributed by atoms with E-state index >= 15 is 0 Å².